The van der Waals surface area contributed by atoms with E-state index >= 15 is 0 Å². The van der Waals surface area contributed by atoms with Crippen LogP contribution in [0.2, 0.25) is 0 Å². The minimum Gasteiger partial charge on any atom is -0.359 e. The minimum atomic E-state index is -0.504. The molecule has 4 nitrogen and oxygen atoms in total. The first-order valence-electron chi connectivity index (χ1n) is 16.4. The Hall–Kier alpha value is -5.75. The molecule has 2 unspecified atom stereocenters. The fourth-order valence-corrected chi connectivity index (χ4v) is 7.48. The van der Waals surface area contributed by atoms with E-state index in [9.17, 15) is 0 Å². The topological polar surface area (TPSA) is 74.3 Å². The monoisotopic (exact) mass is 650 g/mol. The van der Waals surface area contributed by atoms with Gasteiger partial charge in [-0.25, -0.2) is 4.99 Å². The summed E-state index contributed by atoms with van der Waals surface area (Å²) in [6.07, 6.45) is 2.08. The molecule has 49 heavy (non-hydrogen) atoms. The van der Waals surface area contributed by atoms with Gasteiger partial charge in [-0.2, -0.15) is 0 Å². The zero-order valence-electron chi connectivity index (χ0n) is 26.8. The summed E-state index contributed by atoms with van der Waals surface area (Å²) >= 11 is 1.31. The molecule has 2 atom stereocenters. The van der Waals surface area contributed by atoms with Crippen LogP contribution in [0.1, 0.15) is 22.7 Å². The van der Waals surface area contributed by atoms with Crippen molar-refractivity contribution in [2.24, 2.45) is 10.7 Å². The van der Waals surface area contributed by atoms with Gasteiger partial charge in [-0.05, 0) is 55.4 Å². The van der Waals surface area contributed by atoms with Gasteiger partial charge in [0.25, 0.3) is 0 Å². The van der Waals surface area contributed by atoms with Crippen LogP contribution >= 0.6 is 11.8 Å². The third-order valence-corrected chi connectivity index (χ3v) is 10.0. The second kappa shape index (κ2) is 13.4. The molecule has 7 aromatic rings. The number of fused-ring (bicyclic) bond motifs is 2. The van der Waals surface area contributed by atoms with Crippen molar-refractivity contribution in [1.29, 1.82) is 5.41 Å². The maximum Gasteiger partial charge on any atom is 0.134 e. The van der Waals surface area contributed by atoms with Crippen LogP contribution in [0.5, 0.6) is 0 Å². The number of thioether (sulfide) groups is 1. The molecule has 5 heteroatoms. The number of nitrogens with zero attached hydrogens (tertiary/aromatic N) is 1. The van der Waals surface area contributed by atoms with Gasteiger partial charge in [0.2, 0.25) is 0 Å². The van der Waals surface area contributed by atoms with Gasteiger partial charge >= 0.3 is 0 Å². The zero-order chi connectivity index (χ0) is 33.2. The van der Waals surface area contributed by atoms with E-state index in [1.54, 1.807) is 0 Å². The first-order chi connectivity index (χ1) is 24.1. The predicted octanol–water partition coefficient (Wildman–Crippen LogP) is 10.3. The summed E-state index contributed by atoms with van der Waals surface area (Å²) in [5.74, 6) is 0.759. The molecular weight excluding hydrogens is 617 g/mol. The first kappa shape index (κ1) is 30.6. The van der Waals surface area contributed by atoms with E-state index in [1.807, 2.05) is 48.5 Å². The maximum atomic E-state index is 8.68. The summed E-state index contributed by atoms with van der Waals surface area (Å²) in [5, 5.41) is 17.2. The number of amidine groups is 1. The van der Waals surface area contributed by atoms with Gasteiger partial charge in [0.05, 0.1) is 22.2 Å². The van der Waals surface area contributed by atoms with Gasteiger partial charge in [-0.15, -0.1) is 0 Å². The smallest absolute Gasteiger partial charge is 0.134 e. The second-order valence-corrected chi connectivity index (χ2v) is 13.3. The van der Waals surface area contributed by atoms with E-state index in [-0.39, 0.29) is 6.04 Å². The van der Waals surface area contributed by atoms with E-state index in [2.05, 4.69) is 127 Å². The van der Waals surface area contributed by atoms with Gasteiger partial charge in [-0.1, -0.05) is 176 Å². The Morgan fingerprint density at radius 3 is 1.57 bits per heavy atom. The molecule has 4 N–H and O–H groups in total. The number of benzene rings is 7. The molecule has 0 fully saturated rings. The van der Waals surface area contributed by atoms with Crippen LogP contribution in [0.3, 0.4) is 0 Å². The van der Waals surface area contributed by atoms with E-state index in [0.717, 1.165) is 33.8 Å². The molecule has 1 aliphatic rings. The lowest BCUT2D eigenvalue weighted by Gasteiger charge is -2.26. The molecule has 0 aliphatic carbocycles. The molecule has 1 aliphatic heterocycles. The fourth-order valence-electron chi connectivity index (χ4n) is 6.70. The zero-order valence-corrected chi connectivity index (χ0v) is 27.6. The minimum absolute atomic E-state index is 0.112. The number of nitrogens with one attached hydrogen (secondary N) is 2. The lowest BCUT2D eigenvalue weighted by atomic mass is 9.86. The predicted molar refractivity (Wildman–Crippen MR) is 208 cm³/mol. The molecule has 0 saturated carbocycles. The van der Waals surface area contributed by atoms with Gasteiger partial charge in [-0.3, -0.25) is 5.41 Å². The Morgan fingerprint density at radius 2 is 1.02 bits per heavy atom. The normalized spacial score (nSPS) is 14.9. The molecule has 8 rings (SSSR count). The Labute approximate surface area is 290 Å². The average molecular weight is 651 g/mol. The molecule has 0 amide bonds. The van der Waals surface area contributed by atoms with Crippen LogP contribution in [0.4, 0.5) is 0 Å². The SMILES string of the molecule is N=C(SC(N)C1=CC(c2ccccc2)NC(c2ccc(-c3c4ccccc4c(-c4ccccc4)c4ccccc34)cc2)=N1)c1ccccc1. The lowest BCUT2D eigenvalue weighted by molar-refractivity contribution is 0.754. The van der Waals surface area contributed by atoms with Crippen molar-refractivity contribution in [3.63, 3.8) is 0 Å². The second-order valence-electron chi connectivity index (χ2n) is 12.1. The largest absolute Gasteiger partial charge is 0.359 e. The van der Waals surface area contributed by atoms with Gasteiger partial charge < -0.3 is 11.1 Å². The third-order valence-electron chi connectivity index (χ3n) is 9.04. The Kier molecular flexibility index (Phi) is 8.36. The number of nitrogens with two attached hydrogens (primary N) is 1. The van der Waals surface area contributed by atoms with Crippen molar-refractivity contribution in [2.75, 3.05) is 0 Å². The van der Waals surface area contributed by atoms with Crippen LogP contribution in [0, 0.1) is 5.41 Å². The number of aliphatic imine (C=N–C) groups is 1. The van der Waals surface area contributed by atoms with E-state index in [4.69, 9.17) is 16.1 Å². The van der Waals surface area contributed by atoms with Gasteiger partial charge in [0.15, 0.2) is 0 Å². The van der Waals surface area contributed by atoms with Crippen molar-refractivity contribution in [2.45, 2.75) is 11.4 Å². The number of hydrogen-bond donors (Lipinski definition) is 3. The number of rotatable bonds is 7. The van der Waals surface area contributed by atoms with Crippen molar-refractivity contribution >= 4 is 44.2 Å². The molecular formula is C44H34N4S. The van der Waals surface area contributed by atoms with Gasteiger partial charge in [0.1, 0.15) is 5.84 Å². The number of hydrogen-bond acceptors (Lipinski definition) is 5. The standard InChI is InChI=1S/C44H34N4S/c45-42(32-18-8-3-9-19-32)49-43(46)39-28-38(29-14-4-1-5-15-29)47-44(48-39)33-26-24-31(25-27-33)41-36-22-12-10-20-34(36)40(30-16-6-2-7-17-30)35-21-11-13-23-37(35)41/h1-28,38,43,45H,46H2,(H,47,48). The highest BCUT2D eigenvalue weighted by molar-refractivity contribution is 8.14. The van der Waals surface area contributed by atoms with Crippen LogP contribution in [-0.2, 0) is 0 Å². The van der Waals surface area contributed by atoms with Crippen molar-refractivity contribution in [3.05, 3.63) is 192 Å². The maximum absolute atomic E-state index is 8.68. The molecule has 0 bridgehead atoms. The summed E-state index contributed by atoms with van der Waals surface area (Å²) in [6, 6.07) is 56.7. The molecule has 1 heterocycles. The summed E-state index contributed by atoms with van der Waals surface area (Å²) < 4.78 is 0. The highest BCUT2D eigenvalue weighted by atomic mass is 32.2. The fraction of sp³-hybridized carbons (Fsp3) is 0.0455. The van der Waals surface area contributed by atoms with Crippen LogP contribution in [0.15, 0.2) is 181 Å². The van der Waals surface area contributed by atoms with Crippen LogP contribution < -0.4 is 11.1 Å². The van der Waals surface area contributed by atoms with E-state index in [1.165, 1.54) is 50.0 Å². The molecule has 236 valence electrons. The molecule has 0 aromatic heterocycles. The van der Waals surface area contributed by atoms with E-state index in [0.29, 0.717) is 5.04 Å². The highest BCUT2D eigenvalue weighted by Gasteiger charge is 2.24. The molecule has 0 spiro atoms. The third kappa shape index (κ3) is 6.06. The molecule has 0 saturated heterocycles. The Morgan fingerprint density at radius 1 is 0.571 bits per heavy atom. The Balaban J connectivity index is 1.19. The Bertz CT molecular complexity index is 2290. The van der Waals surface area contributed by atoms with Gasteiger partial charge in [0, 0.05) is 11.1 Å². The highest BCUT2D eigenvalue weighted by Crippen LogP contribution is 2.43. The average Bonchev–Trinajstić information content (AvgIpc) is 3.17. The van der Waals surface area contributed by atoms with Crippen molar-refractivity contribution in [3.8, 4) is 22.3 Å². The van der Waals surface area contributed by atoms with E-state index < -0.39 is 5.37 Å². The van der Waals surface area contributed by atoms with Crippen molar-refractivity contribution < 1.29 is 0 Å². The summed E-state index contributed by atoms with van der Waals surface area (Å²) in [4.78, 5) is 5.05. The van der Waals surface area contributed by atoms with Crippen LogP contribution in [-0.4, -0.2) is 16.3 Å². The first-order valence-corrected chi connectivity index (χ1v) is 17.3. The van der Waals surface area contributed by atoms with Crippen LogP contribution in [0.25, 0.3) is 43.8 Å². The quantitative estimate of drug-likeness (QED) is 0.0696. The van der Waals surface area contributed by atoms with Crippen molar-refractivity contribution in [1.82, 2.24) is 5.32 Å². The summed E-state index contributed by atoms with van der Waals surface area (Å²) in [6.45, 7) is 0. The molecule has 7 aromatic carbocycles. The summed E-state index contributed by atoms with van der Waals surface area (Å²) in [7, 11) is 0. The molecule has 0 radical (unpaired) electrons. The lowest BCUT2D eigenvalue weighted by Crippen LogP contribution is -2.34. The summed E-state index contributed by atoms with van der Waals surface area (Å²) in [5.41, 5.74) is 15.3.